The third kappa shape index (κ3) is 5.33. The highest BCUT2D eigenvalue weighted by molar-refractivity contribution is 5.90. The van der Waals surface area contributed by atoms with E-state index in [-0.39, 0.29) is 18.0 Å². The highest BCUT2D eigenvalue weighted by atomic mass is 16.6. The van der Waals surface area contributed by atoms with Gasteiger partial charge in [0.2, 0.25) is 0 Å². The van der Waals surface area contributed by atoms with E-state index >= 15 is 0 Å². The Balaban J connectivity index is 1.85. The quantitative estimate of drug-likeness (QED) is 0.342. The second-order valence-electron chi connectivity index (χ2n) is 6.53. The summed E-state index contributed by atoms with van der Waals surface area (Å²) in [6.45, 7) is 3.96. The highest BCUT2D eigenvalue weighted by Gasteiger charge is 2.37. The molecule has 0 radical (unpaired) electrons. The minimum atomic E-state index is -0.147. The van der Waals surface area contributed by atoms with E-state index in [4.69, 9.17) is 4.74 Å². The van der Waals surface area contributed by atoms with E-state index in [0.29, 0.717) is 0 Å². The van der Waals surface area contributed by atoms with Crippen LogP contribution in [0.5, 0.6) is 0 Å². The predicted octanol–water partition coefficient (Wildman–Crippen LogP) is 5.34. The molecule has 0 aromatic heterocycles. The van der Waals surface area contributed by atoms with Crippen molar-refractivity contribution in [3.05, 3.63) is 24.3 Å². The smallest absolute Gasteiger partial charge is 0.334 e. The van der Waals surface area contributed by atoms with Crippen LogP contribution in [0.1, 0.15) is 77.0 Å². The van der Waals surface area contributed by atoms with Crippen molar-refractivity contribution in [2.45, 2.75) is 83.2 Å². The van der Waals surface area contributed by atoms with Crippen molar-refractivity contribution < 1.29 is 9.53 Å². The summed E-state index contributed by atoms with van der Waals surface area (Å²) in [6.07, 6.45) is 19.4. The third-order valence-electron chi connectivity index (χ3n) is 4.83. The maximum atomic E-state index is 11.7. The first-order valence-electron chi connectivity index (χ1n) is 8.84. The van der Waals surface area contributed by atoms with Crippen LogP contribution >= 0.6 is 0 Å². The van der Waals surface area contributed by atoms with Gasteiger partial charge in [0.15, 0.2) is 0 Å². The Bertz CT molecular complexity index is 370. The van der Waals surface area contributed by atoms with Crippen LogP contribution in [0.15, 0.2) is 24.3 Å². The van der Waals surface area contributed by atoms with Crippen LogP contribution in [0.25, 0.3) is 0 Å². The molecule has 118 valence electrons. The van der Waals surface area contributed by atoms with E-state index in [1.165, 1.54) is 64.2 Å². The second-order valence-corrected chi connectivity index (χ2v) is 6.53. The Kier molecular flexibility index (Phi) is 7.05. The van der Waals surface area contributed by atoms with Crippen molar-refractivity contribution in [3.63, 3.8) is 0 Å². The molecule has 0 unspecified atom stereocenters. The van der Waals surface area contributed by atoms with Crippen LogP contribution in [0.2, 0.25) is 0 Å². The Morgan fingerprint density at radius 1 is 0.857 bits per heavy atom. The molecule has 2 heteroatoms. The van der Waals surface area contributed by atoms with Crippen LogP contribution in [-0.4, -0.2) is 12.1 Å². The molecule has 0 aromatic carbocycles. The third-order valence-corrected chi connectivity index (χ3v) is 4.83. The van der Waals surface area contributed by atoms with Crippen molar-refractivity contribution in [3.8, 4) is 0 Å². The van der Waals surface area contributed by atoms with Gasteiger partial charge in [0.05, 0.1) is 0 Å². The molecule has 1 aliphatic carbocycles. The Hall–Kier alpha value is -1.05. The molecule has 0 N–H and O–H groups in total. The Morgan fingerprint density at radius 2 is 1.43 bits per heavy atom. The fourth-order valence-electron chi connectivity index (χ4n) is 3.47. The van der Waals surface area contributed by atoms with Crippen molar-refractivity contribution in [1.29, 1.82) is 0 Å². The van der Waals surface area contributed by atoms with Gasteiger partial charge in [-0.15, -0.1) is 0 Å². The molecule has 1 fully saturated rings. The maximum Gasteiger partial charge on any atom is 0.334 e. The lowest BCUT2D eigenvalue weighted by Crippen LogP contribution is -2.16. The molecule has 21 heavy (non-hydrogen) atoms. The van der Waals surface area contributed by atoms with Crippen LogP contribution in [0.4, 0.5) is 0 Å². The summed E-state index contributed by atoms with van der Waals surface area (Å²) in [7, 11) is 0. The number of hydrogen-bond acceptors (Lipinski definition) is 2. The Morgan fingerprint density at radius 3 is 2.19 bits per heavy atom. The number of esters is 1. The predicted molar refractivity (Wildman–Crippen MR) is 87.1 cm³/mol. The largest absolute Gasteiger partial charge is 0.458 e. The number of hydrogen-bond donors (Lipinski definition) is 0. The average molecular weight is 290 g/mol. The lowest BCUT2D eigenvalue weighted by molar-refractivity contribution is -0.139. The Labute approximate surface area is 129 Å². The number of carbonyl (C=O) groups is 1. The van der Waals surface area contributed by atoms with Crippen molar-refractivity contribution in [1.82, 2.24) is 0 Å². The molecule has 2 nitrogen and oxygen atoms in total. The van der Waals surface area contributed by atoms with Gasteiger partial charge in [-0.2, -0.15) is 0 Å². The van der Waals surface area contributed by atoms with Gasteiger partial charge in [-0.1, -0.05) is 50.8 Å². The van der Waals surface area contributed by atoms with Gasteiger partial charge in [-0.05, 0) is 44.9 Å². The summed E-state index contributed by atoms with van der Waals surface area (Å²) in [5.74, 6) is 0.131. The van der Waals surface area contributed by atoms with Crippen LogP contribution in [0.3, 0.4) is 0 Å². The average Bonchev–Trinajstić information content (AvgIpc) is 2.73. The molecule has 1 heterocycles. The summed E-state index contributed by atoms with van der Waals surface area (Å²) >= 11 is 0. The summed E-state index contributed by atoms with van der Waals surface area (Å²) in [5, 5.41) is 0. The first kappa shape index (κ1) is 16.3. The van der Waals surface area contributed by atoms with Crippen molar-refractivity contribution in [2.75, 3.05) is 0 Å². The van der Waals surface area contributed by atoms with E-state index in [0.717, 1.165) is 18.4 Å². The van der Waals surface area contributed by atoms with Crippen molar-refractivity contribution in [2.24, 2.45) is 5.92 Å². The van der Waals surface area contributed by atoms with Crippen LogP contribution in [-0.2, 0) is 9.53 Å². The molecule has 0 aromatic rings. The molecule has 0 spiro atoms. The fraction of sp³-hybridized carbons (Fsp3) is 0.737. The minimum absolute atomic E-state index is 0.109. The first-order valence-corrected chi connectivity index (χ1v) is 8.84. The number of rotatable bonds is 0. The number of allylic oxidation sites excluding steroid dienone is 2. The van der Waals surface area contributed by atoms with Gasteiger partial charge in [0.1, 0.15) is 6.10 Å². The van der Waals surface area contributed by atoms with E-state index in [2.05, 4.69) is 18.7 Å². The zero-order valence-corrected chi connectivity index (χ0v) is 13.3. The number of ether oxygens (including phenoxy) is 1. The fourth-order valence-corrected chi connectivity index (χ4v) is 3.47. The van der Waals surface area contributed by atoms with Gasteiger partial charge in [0.25, 0.3) is 0 Å². The van der Waals surface area contributed by atoms with Gasteiger partial charge < -0.3 is 4.74 Å². The normalized spacial score (nSPS) is 31.4. The topological polar surface area (TPSA) is 26.3 Å². The number of carbonyl (C=O) groups excluding carboxylic acids is 1. The van der Waals surface area contributed by atoms with E-state index in [1.54, 1.807) is 0 Å². The molecular weight excluding hydrogens is 260 g/mol. The molecular formula is C19H30O2. The molecule has 0 saturated carbocycles. The van der Waals surface area contributed by atoms with Gasteiger partial charge in [0, 0.05) is 11.5 Å². The second kappa shape index (κ2) is 9.07. The van der Waals surface area contributed by atoms with Gasteiger partial charge in [-0.3, -0.25) is 0 Å². The zero-order valence-electron chi connectivity index (χ0n) is 13.3. The molecule has 2 rings (SSSR count). The maximum absolute atomic E-state index is 11.7. The van der Waals surface area contributed by atoms with E-state index < -0.39 is 0 Å². The lowest BCUT2D eigenvalue weighted by Gasteiger charge is -2.17. The molecule has 2 aliphatic rings. The van der Waals surface area contributed by atoms with Gasteiger partial charge in [-0.25, -0.2) is 4.79 Å². The molecule has 0 bridgehead atoms. The van der Waals surface area contributed by atoms with Crippen molar-refractivity contribution >= 4 is 5.97 Å². The van der Waals surface area contributed by atoms with Crippen LogP contribution < -0.4 is 0 Å². The molecule has 1 saturated heterocycles. The van der Waals surface area contributed by atoms with Gasteiger partial charge >= 0.3 is 5.97 Å². The SMILES string of the molecule is C=C1C(=O)O[C@@H]2CCCCCCC/C=C\CCCCC[C@@H]12. The minimum Gasteiger partial charge on any atom is -0.458 e. The summed E-state index contributed by atoms with van der Waals surface area (Å²) in [6, 6.07) is 0. The first-order chi connectivity index (χ1) is 10.3. The highest BCUT2D eigenvalue weighted by Crippen LogP contribution is 2.34. The summed E-state index contributed by atoms with van der Waals surface area (Å²) in [5.41, 5.74) is 0.723. The number of fused-ring (bicyclic) bond motifs is 1. The molecule has 1 aliphatic heterocycles. The van der Waals surface area contributed by atoms with E-state index in [9.17, 15) is 4.79 Å². The summed E-state index contributed by atoms with van der Waals surface area (Å²) < 4.78 is 5.53. The molecule has 2 atom stereocenters. The summed E-state index contributed by atoms with van der Waals surface area (Å²) in [4.78, 5) is 11.7. The van der Waals surface area contributed by atoms with Crippen LogP contribution in [0, 0.1) is 5.92 Å². The molecule has 0 amide bonds. The lowest BCUT2D eigenvalue weighted by atomic mass is 9.88. The monoisotopic (exact) mass is 290 g/mol. The standard InChI is InChI=1S/C19H30O2/c1-16-17-14-12-10-8-6-4-2-3-5-7-9-11-13-15-18(17)21-19(16)20/h2,4,17-18H,1,3,5-15H2/b4-2-/t17-,18+/m0/s1. The zero-order chi connectivity index (χ0) is 14.9. The van der Waals surface area contributed by atoms with E-state index in [1.807, 2.05) is 0 Å².